The van der Waals surface area contributed by atoms with Crippen molar-refractivity contribution in [3.05, 3.63) is 36.2 Å². The zero-order chi connectivity index (χ0) is 20.3. The highest BCUT2D eigenvalue weighted by Crippen LogP contribution is 2.26. The van der Waals surface area contributed by atoms with Crippen LogP contribution in [0.5, 0.6) is 11.8 Å². The van der Waals surface area contributed by atoms with Gasteiger partial charge >= 0.3 is 6.01 Å². The van der Waals surface area contributed by atoms with Gasteiger partial charge in [-0.15, -0.1) is 0 Å². The zero-order valence-electron chi connectivity index (χ0n) is 16.4. The Morgan fingerprint density at radius 3 is 2.54 bits per heavy atom. The first kappa shape index (κ1) is 19.8. The maximum absolute atomic E-state index is 10.0. The number of aliphatic hydroxyl groups excluding tert-OH is 1. The van der Waals surface area contributed by atoms with Crippen LogP contribution < -0.4 is 14.8 Å². The second kappa shape index (κ2) is 7.99. The third kappa shape index (κ3) is 4.32. The van der Waals surface area contributed by atoms with E-state index in [9.17, 15) is 10.2 Å². The van der Waals surface area contributed by atoms with E-state index in [0.717, 1.165) is 11.3 Å². The van der Waals surface area contributed by atoms with Gasteiger partial charge in [-0.05, 0) is 31.5 Å². The van der Waals surface area contributed by atoms with Crippen LogP contribution in [0.1, 0.15) is 32.4 Å². The molecule has 0 fully saturated rings. The Bertz CT molecular complexity index is 937. The fraction of sp³-hybridized carbons (Fsp3) is 0.421. The summed E-state index contributed by atoms with van der Waals surface area (Å²) in [5, 5.41) is 22.5. The van der Waals surface area contributed by atoms with E-state index in [1.54, 1.807) is 13.4 Å². The minimum absolute atomic E-state index is 0.0498. The Morgan fingerprint density at radius 2 is 1.93 bits per heavy atom. The molecule has 2 heterocycles. The molecule has 150 valence electrons. The lowest BCUT2D eigenvalue weighted by Gasteiger charge is -2.21. The summed E-state index contributed by atoms with van der Waals surface area (Å²) in [6.07, 6.45) is 1.69. The van der Waals surface area contributed by atoms with Crippen molar-refractivity contribution in [1.82, 2.24) is 19.5 Å². The number of ether oxygens (including phenoxy) is 2. The number of rotatable bonds is 8. The molecule has 0 saturated carbocycles. The number of anilines is 1. The normalized spacial score (nSPS) is 13.5. The second-order valence-corrected chi connectivity index (χ2v) is 6.91. The summed E-state index contributed by atoms with van der Waals surface area (Å²) in [5.74, 6) is -0.529. The molecule has 28 heavy (non-hydrogen) atoms. The SMILES string of the molecule is COc1ccc(CNc2nc(OC(C)(O)CO)nc3c2ncn3C(C)C)cc1. The number of aliphatic hydroxyl groups is 2. The van der Waals surface area contributed by atoms with Gasteiger partial charge in [0.25, 0.3) is 0 Å². The summed E-state index contributed by atoms with van der Waals surface area (Å²) >= 11 is 0. The summed E-state index contributed by atoms with van der Waals surface area (Å²) in [7, 11) is 1.62. The minimum atomic E-state index is -1.79. The third-order valence-electron chi connectivity index (χ3n) is 4.18. The quantitative estimate of drug-likeness (QED) is 0.504. The zero-order valence-corrected chi connectivity index (χ0v) is 16.4. The number of nitrogens with one attached hydrogen (secondary N) is 1. The Balaban J connectivity index is 1.94. The van der Waals surface area contributed by atoms with Gasteiger partial charge in [0, 0.05) is 19.5 Å². The molecule has 0 bridgehead atoms. The highest BCUT2D eigenvalue weighted by atomic mass is 16.6. The second-order valence-electron chi connectivity index (χ2n) is 6.91. The van der Waals surface area contributed by atoms with E-state index in [1.807, 2.05) is 42.7 Å². The van der Waals surface area contributed by atoms with Crippen LogP contribution >= 0.6 is 0 Å². The van der Waals surface area contributed by atoms with Crippen LogP contribution in [0.15, 0.2) is 30.6 Å². The molecule has 0 amide bonds. The van der Waals surface area contributed by atoms with E-state index in [2.05, 4.69) is 20.3 Å². The summed E-state index contributed by atoms with van der Waals surface area (Å²) in [6, 6.07) is 7.74. The van der Waals surface area contributed by atoms with Crippen LogP contribution in [-0.4, -0.2) is 49.2 Å². The fourth-order valence-corrected chi connectivity index (χ4v) is 2.60. The van der Waals surface area contributed by atoms with Crippen molar-refractivity contribution in [3.63, 3.8) is 0 Å². The first-order chi connectivity index (χ1) is 13.3. The molecule has 9 heteroatoms. The van der Waals surface area contributed by atoms with Crippen LogP contribution in [0.4, 0.5) is 5.82 Å². The van der Waals surface area contributed by atoms with Gasteiger partial charge in [-0.2, -0.15) is 9.97 Å². The molecule has 1 unspecified atom stereocenters. The first-order valence-electron chi connectivity index (χ1n) is 8.96. The third-order valence-corrected chi connectivity index (χ3v) is 4.18. The summed E-state index contributed by atoms with van der Waals surface area (Å²) in [5.41, 5.74) is 2.20. The molecule has 0 saturated heterocycles. The van der Waals surface area contributed by atoms with Gasteiger partial charge in [-0.3, -0.25) is 0 Å². The molecule has 3 aromatic rings. The lowest BCUT2D eigenvalue weighted by atomic mass is 10.2. The monoisotopic (exact) mass is 387 g/mol. The number of imidazole rings is 1. The van der Waals surface area contributed by atoms with Crippen molar-refractivity contribution in [2.75, 3.05) is 19.0 Å². The molecular weight excluding hydrogens is 362 g/mol. The largest absolute Gasteiger partial charge is 0.497 e. The number of hydrogen-bond donors (Lipinski definition) is 3. The predicted octanol–water partition coefficient (Wildman–Crippen LogP) is 2.11. The number of fused-ring (bicyclic) bond motifs is 1. The van der Waals surface area contributed by atoms with Crippen LogP contribution in [0.25, 0.3) is 11.2 Å². The Labute approximate surface area is 163 Å². The molecule has 0 aliphatic heterocycles. The summed E-state index contributed by atoms with van der Waals surface area (Å²) < 4.78 is 12.4. The maximum atomic E-state index is 10.0. The number of nitrogens with zero attached hydrogens (tertiary/aromatic N) is 4. The summed E-state index contributed by atoms with van der Waals surface area (Å²) in [6.45, 7) is 5.27. The van der Waals surface area contributed by atoms with Crippen LogP contribution in [0, 0.1) is 0 Å². The van der Waals surface area contributed by atoms with Gasteiger partial charge in [0.05, 0.1) is 13.4 Å². The highest BCUT2D eigenvalue weighted by molar-refractivity contribution is 5.83. The molecular formula is C19H25N5O4. The predicted molar refractivity (Wildman–Crippen MR) is 104 cm³/mol. The lowest BCUT2D eigenvalue weighted by molar-refractivity contribution is -0.154. The molecule has 0 spiro atoms. The van der Waals surface area contributed by atoms with Crippen molar-refractivity contribution in [2.45, 2.75) is 39.1 Å². The van der Waals surface area contributed by atoms with E-state index in [4.69, 9.17) is 9.47 Å². The van der Waals surface area contributed by atoms with Crippen molar-refractivity contribution >= 4 is 17.0 Å². The maximum Gasteiger partial charge on any atom is 0.323 e. The topological polar surface area (TPSA) is 115 Å². The highest BCUT2D eigenvalue weighted by Gasteiger charge is 2.24. The van der Waals surface area contributed by atoms with Crippen molar-refractivity contribution in [1.29, 1.82) is 0 Å². The molecule has 1 atom stereocenters. The standard InChI is InChI=1S/C19H25N5O4/c1-12(2)24-11-21-15-16(20-9-13-5-7-14(27-4)8-6-13)22-18(23-17(15)24)28-19(3,26)10-25/h5-8,11-12,25-26H,9-10H2,1-4H3,(H,20,22,23). The molecule has 3 rings (SSSR count). The van der Waals surface area contributed by atoms with Crippen LogP contribution in [-0.2, 0) is 6.54 Å². The van der Waals surface area contributed by atoms with Gasteiger partial charge < -0.3 is 29.6 Å². The summed E-state index contributed by atoms with van der Waals surface area (Å²) in [4.78, 5) is 13.1. The Morgan fingerprint density at radius 1 is 1.21 bits per heavy atom. The fourth-order valence-electron chi connectivity index (χ4n) is 2.60. The lowest BCUT2D eigenvalue weighted by Crippen LogP contribution is -2.36. The van der Waals surface area contributed by atoms with E-state index < -0.39 is 12.4 Å². The molecule has 1 aromatic carbocycles. The number of benzene rings is 1. The molecule has 9 nitrogen and oxygen atoms in total. The van der Waals surface area contributed by atoms with Crippen molar-refractivity contribution in [2.24, 2.45) is 0 Å². The first-order valence-corrected chi connectivity index (χ1v) is 8.96. The Kier molecular flexibility index (Phi) is 5.66. The van der Waals surface area contributed by atoms with Gasteiger partial charge in [-0.1, -0.05) is 12.1 Å². The molecule has 0 aliphatic rings. The molecule has 2 aromatic heterocycles. The molecule has 0 aliphatic carbocycles. The van der Waals surface area contributed by atoms with Crippen molar-refractivity contribution in [3.8, 4) is 11.8 Å². The average molecular weight is 387 g/mol. The van der Waals surface area contributed by atoms with Crippen LogP contribution in [0.3, 0.4) is 0 Å². The minimum Gasteiger partial charge on any atom is -0.497 e. The smallest absolute Gasteiger partial charge is 0.323 e. The van der Waals surface area contributed by atoms with E-state index in [-0.39, 0.29) is 12.1 Å². The number of hydrogen-bond acceptors (Lipinski definition) is 8. The van der Waals surface area contributed by atoms with Gasteiger partial charge in [0.1, 0.15) is 12.4 Å². The number of aromatic nitrogens is 4. The Hall–Kier alpha value is -2.91. The molecule has 0 radical (unpaired) electrons. The van der Waals surface area contributed by atoms with Gasteiger partial charge in [-0.25, -0.2) is 4.98 Å². The van der Waals surface area contributed by atoms with Gasteiger partial charge in [0.2, 0.25) is 5.79 Å². The van der Waals surface area contributed by atoms with Gasteiger partial charge in [0.15, 0.2) is 17.0 Å². The van der Waals surface area contributed by atoms with E-state index in [0.29, 0.717) is 23.5 Å². The van der Waals surface area contributed by atoms with E-state index >= 15 is 0 Å². The number of methoxy groups -OCH3 is 1. The van der Waals surface area contributed by atoms with Crippen LogP contribution in [0.2, 0.25) is 0 Å². The van der Waals surface area contributed by atoms with Crippen molar-refractivity contribution < 1.29 is 19.7 Å². The van der Waals surface area contributed by atoms with E-state index in [1.165, 1.54) is 6.92 Å². The average Bonchev–Trinajstić information content (AvgIpc) is 3.10. The molecule has 3 N–H and O–H groups in total.